The molecule has 9 rings (SSSR count). The Balaban J connectivity index is 1.24. The van der Waals surface area contributed by atoms with Crippen molar-refractivity contribution in [1.82, 2.24) is 0 Å². The lowest BCUT2D eigenvalue weighted by molar-refractivity contribution is 0.672. The van der Waals surface area contributed by atoms with Crippen molar-refractivity contribution < 1.29 is 4.42 Å². The van der Waals surface area contributed by atoms with Crippen molar-refractivity contribution in [3.8, 4) is 33.4 Å². The van der Waals surface area contributed by atoms with E-state index in [0.29, 0.717) is 0 Å². The molecule has 0 spiro atoms. The number of rotatable bonds is 6. The third-order valence-electron chi connectivity index (χ3n) is 9.30. The number of hydrogen-bond donors (Lipinski definition) is 0. The highest BCUT2D eigenvalue weighted by Crippen LogP contribution is 2.45. The zero-order valence-electron chi connectivity index (χ0n) is 26.3. The van der Waals surface area contributed by atoms with Crippen molar-refractivity contribution in [2.24, 2.45) is 0 Å². The minimum atomic E-state index is 0.906. The maximum atomic E-state index is 6.50. The van der Waals surface area contributed by atoms with Gasteiger partial charge in [-0.05, 0) is 64.2 Å². The zero-order chi connectivity index (χ0) is 31.9. The Morgan fingerprint density at radius 3 is 1.54 bits per heavy atom. The van der Waals surface area contributed by atoms with E-state index in [2.05, 4.69) is 181 Å². The topological polar surface area (TPSA) is 16.4 Å². The van der Waals surface area contributed by atoms with Crippen molar-refractivity contribution in [3.63, 3.8) is 0 Å². The molecule has 0 amide bonds. The van der Waals surface area contributed by atoms with Crippen LogP contribution in [0.4, 0.5) is 17.1 Å². The predicted octanol–water partition coefficient (Wildman–Crippen LogP) is 13.2. The van der Waals surface area contributed by atoms with Gasteiger partial charge in [0.15, 0.2) is 0 Å². The maximum absolute atomic E-state index is 6.50. The van der Waals surface area contributed by atoms with Crippen LogP contribution in [-0.4, -0.2) is 0 Å². The molecule has 0 saturated heterocycles. The van der Waals surface area contributed by atoms with E-state index >= 15 is 0 Å². The lowest BCUT2D eigenvalue weighted by Crippen LogP contribution is -2.11. The van der Waals surface area contributed by atoms with E-state index < -0.39 is 0 Å². The average Bonchev–Trinajstić information content (AvgIpc) is 3.56. The van der Waals surface area contributed by atoms with Gasteiger partial charge in [0.05, 0.1) is 11.4 Å². The van der Waals surface area contributed by atoms with E-state index in [9.17, 15) is 0 Å². The normalized spacial score (nSPS) is 11.3. The third-order valence-corrected chi connectivity index (χ3v) is 9.30. The summed E-state index contributed by atoms with van der Waals surface area (Å²) in [5.74, 6) is 0. The highest BCUT2D eigenvalue weighted by atomic mass is 16.3. The molecule has 226 valence electrons. The van der Waals surface area contributed by atoms with Crippen molar-refractivity contribution >= 4 is 49.8 Å². The van der Waals surface area contributed by atoms with Crippen LogP contribution < -0.4 is 4.90 Å². The Labute approximate surface area is 279 Å². The summed E-state index contributed by atoms with van der Waals surface area (Å²) < 4.78 is 6.50. The number of fused-ring (bicyclic) bond motifs is 5. The molecule has 0 radical (unpaired) electrons. The molecule has 0 bridgehead atoms. The molecule has 0 aliphatic rings. The molecule has 2 nitrogen and oxygen atoms in total. The van der Waals surface area contributed by atoms with E-state index in [4.69, 9.17) is 4.42 Å². The third kappa shape index (κ3) is 4.83. The van der Waals surface area contributed by atoms with Crippen LogP contribution in [0.5, 0.6) is 0 Å². The Bertz CT molecular complexity index is 2530. The molecule has 48 heavy (non-hydrogen) atoms. The SMILES string of the molecule is c1ccc(-c2ccc(-c3ccccc3N(c3ccc(-c4ccccc4)cc3)c3cccc4c3ccc3c5ccccc5oc43)cc2)cc1. The first-order valence-corrected chi connectivity index (χ1v) is 16.4. The van der Waals surface area contributed by atoms with Gasteiger partial charge in [-0.25, -0.2) is 0 Å². The second-order valence-corrected chi connectivity index (χ2v) is 12.1. The first-order valence-electron chi connectivity index (χ1n) is 16.4. The van der Waals surface area contributed by atoms with Crippen LogP contribution in [0.2, 0.25) is 0 Å². The minimum absolute atomic E-state index is 0.906. The molecule has 8 aromatic carbocycles. The van der Waals surface area contributed by atoms with Crippen LogP contribution >= 0.6 is 0 Å². The number of furan rings is 1. The summed E-state index contributed by atoms with van der Waals surface area (Å²) in [6, 6.07) is 66.9. The molecule has 0 saturated carbocycles. The lowest BCUT2D eigenvalue weighted by Gasteiger charge is -2.29. The van der Waals surface area contributed by atoms with E-state index in [1.807, 2.05) is 12.1 Å². The van der Waals surface area contributed by atoms with E-state index in [-0.39, 0.29) is 0 Å². The molecule has 0 atom stereocenters. The van der Waals surface area contributed by atoms with E-state index in [0.717, 1.165) is 60.9 Å². The fourth-order valence-corrected chi connectivity index (χ4v) is 6.95. The van der Waals surface area contributed by atoms with Crippen LogP contribution in [0.25, 0.3) is 66.1 Å². The predicted molar refractivity (Wildman–Crippen MR) is 202 cm³/mol. The van der Waals surface area contributed by atoms with Crippen LogP contribution in [0.15, 0.2) is 192 Å². The summed E-state index contributed by atoms with van der Waals surface area (Å²) in [7, 11) is 0. The van der Waals surface area contributed by atoms with Gasteiger partial charge in [0.1, 0.15) is 11.2 Å². The summed E-state index contributed by atoms with van der Waals surface area (Å²) in [5.41, 5.74) is 12.2. The van der Waals surface area contributed by atoms with Gasteiger partial charge in [0.25, 0.3) is 0 Å². The van der Waals surface area contributed by atoms with Gasteiger partial charge in [-0.15, -0.1) is 0 Å². The zero-order valence-corrected chi connectivity index (χ0v) is 26.3. The summed E-state index contributed by atoms with van der Waals surface area (Å²) in [4.78, 5) is 2.39. The number of anilines is 3. The van der Waals surface area contributed by atoms with Gasteiger partial charge in [-0.3, -0.25) is 0 Å². The molecular weight excluding hydrogens is 583 g/mol. The summed E-state index contributed by atoms with van der Waals surface area (Å²) in [5, 5.41) is 4.49. The largest absolute Gasteiger partial charge is 0.455 e. The molecule has 1 aromatic heterocycles. The fourth-order valence-electron chi connectivity index (χ4n) is 6.95. The van der Waals surface area contributed by atoms with Crippen LogP contribution in [0.3, 0.4) is 0 Å². The van der Waals surface area contributed by atoms with E-state index in [1.54, 1.807) is 0 Å². The van der Waals surface area contributed by atoms with Crippen molar-refractivity contribution in [3.05, 3.63) is 188 Å². The molecule has 0 N–H and O–H groups in total. The van der Waals surface area contributed by atoms with Gasteiger partial charge in [-0.2, -0.15) is 0 Å². The number of hydrogen-bond acceptors (Lipinski definition) is 2. The summed E-state index contributed by atoms with van der Waals surface area (Å²) >= 11 is 0. The van der Waals surface area contributed by atoms with Gasteiger partial charge in [-0.1, -0.05) is 152 Å². The second kappa shape index (κ2) is 11.8. The number of para-hydroxylation sites is 2. The Kier molecular flexibility index (Phi) is 6.84. The van der Waals surface area contributed by atoms with Gasteiger partial charge in [0, 0.05) is 32.8 Å². The Hall–Kier alpha value is -6.38. The maximum Gasteiger partial charge on any atom is 0.143 e. The summed E-state index contributed by atoms with van der Waals surface area (Å²) in [6.45, 7) is 0. The molecule has 0 aliphatic heterocycles. The fraction of sp³-hybridized carbons (Fsp3) is 0. The lowest BCUT2D eigenvalue weighted by atomic mass is 9.97. The molecular formula is C46H31NO. The Morgan fingerprint density at radius 2 is 0.812 bits per heavy atom. The van der Waals surface area contributed by atoms with Crippen LogP contribution in [0.1, 0.15) is 0 Å². The van der Waals surface area contributed by atoms with Gasteiger partial charge < -0.3 is 9.32 Å². The average molecular weight is 614 g/mol. The molecule has 9 aromatic rings. The molecule has 0 aliphatic carbocycles. The van der Waals surface area contributed by atoms with Crippen molar-refractivity contribution in [2.75, 3.05) is 4.90 Å². The highest BCUT2D eigenvalue weighted by Gasteiger charge is 2.21. The van der Waals surface area contributed by atoms with Crippen molar-refractivity contribution in [1.29, 1.82) is 0 Å². The molecule has 1 heterocycles. The summed E-state index contributed by atoms with van der Waals surface area (Å²) in [6.07, 6.45) is 0. The van der Waals surface area contributed by atoms with Crippen molar-refractivity contribution in [2.45, 2.75) is 0 Å². The molecule has 0 unspecified atom stereocenters. The van der Waals surface area contributed by atoms with E-state index in [1.165, 1.54) is 22.3 Å². The quantitative estimate of drug-likeness (QED) is 0.185. The number of benzene rings is 8. The van der Waals surface area contributed by atoms with Crippen LogP contribution in [-0.2, 0) is 0 Å². The number of nitrogens with zero attached hydrogens (tertiary/aromatic N) is 1. The standard InChI is InChI=1S/C46H31NO/c1-3-12-32(13-4-1)34-22-24-36(25-23-34)38-16-7-9-19-43(38)47(37-28-26-35(27-29-37)33-14-5-2-6-15-33)44-20-11-18-41-39(44)30-31-42-40-17-8-10-21-45(40)48-46(41)42/h1-31H. The second-order valence-electron chi connectivity index (χ2n) is 12.1. The van der Waals surface area contributed by atoms with Gasteiger partial charge >= 0.3 is 0 Å². The van der Waals surface area contributed by atoms with Crippen LogP contribution in [0, 0.1) is 0 Å². The minimum Gasteiger partial charge on any atom is -0.455 e. The molecule has 2 heteroatoms. The first-order chi connectivity index (χ1) is 23.8. The smallest absolute Gasteiger partial charge is 0.143 e. The Morgan fingerprint density at radius 1 is 0.312 bits per heavy atom. The first kappa shape index (κ1) is 27.9. The molecule has 0 fully saturated rings. The van der Waals surface area contributed by atoms with Gasteiger partial charge in [0.2, 0.25) is 0 Å². The monoisotopic (exact) mass is 613 g/mol. The highest BCUT2D eigenvalue weighted by molar-refractivity contribution is 6.17.